The molecule has 0 aliphatic rings. The van der Waals surface area contributed by atoms with E-state index in [0.29, 0.717) is 5.75 Å². The fourth-order valence-corrected chi connectivity index (χ4v) is 2.39. The molecule has 0 radical (unpaired) electrons. The number of nitrogens with two attached hydrogens (primary N) is 1. The molecule has 116 valence electrons. The number of benzene rings is 1. The van der Waals surface area contributed by atoms with E-state index in [4.69, 9.17) is 5.73 Å². The molecule has 1 rings (SSSR count). The average molecular weight is 314 g/mol. The lowest BCUT2D eigenvalue weighted by Crippen LogP contribution is -2.35. The molecule has 0 aliphatic heterocycles. The zero-order valence-electron chi connectivity index (χ0n) is 12.0. The first-order valence-corrected chi connectivity index (χ1v) is 7.55. The third-order valence-corrected chi connectivity index (χ3v) is 3.84. The summed E-state index contributed by atoms with van der Waals surface area (Å²) >= 11 is 1.25. The quantitative estimate of drug-likeness (QED) is 0.740. The lowest BCUT2D eigenvalue weighted by atomic mass is 10.1. The molecule has 2 unspecified atom stereocenters. The van der Waals surface area contributed by atoms with E-state index in [9.17, 15) is 14.0 Å². The predicted molar refractivity (Wildman–Crippen MR) is 80.3 cm³/mol. The first-order chi connectivity index (χ1) is 9.93. The van der Waals surface area contributed by atoms with Gasteiger partial charge in [-0.3, -0.25) is 9.59 Å². The van der Waals surface area contributed by atoms with Crippen LogP contribution in [0.3, 0.4) is 0 Å². The van der Waals surface area contributed by atoms with Crippen molar-refractivity contribution in [1.82, 2.24) is 5.32 Å². The molecule has 0 bridgehead atoms. The van der Waals surface area contributed by atoms with Gasteiger partial charge in [-0.2, -0.15) is 0 Å². The SMILES string of the molecule is COC(=O)C(N)CSCC(=O)NC(C)c1ccc(F)cc1. The van der Waals surface area contributed by atoms with E-state index in [2.05, 4.69) is 10.1 Å². The molecule has 1 aromatic carbocycles. The van der Waals surface area contributed by atoms with E-state index in [1.54, 1.807) is 12.1 Å². The summed E-state index contributed by atoms with van der Waals surface area (Å²) in [5.74, 6) is -0.484. The van der Waals surface area contributed by atoms with Crippen LogP contribution < -0.4 is 11.1 Å². The van der Waals surface area contributed by atoms with E-state index in [-0.39, 0.29) is 23.5 Å². The molecular formula is C14H19FN2O3S. The van der Waals surface area contributed by atoms with Gasteiger partial charge in [-0.25, -0.2) is 4.39 Å². The molecule has 2 atom stereocenters. The minimum Gasteiger partial charge on any atom is -0.468 e. The molecule has 0 saturated carbocycles. The lowest BCUT2D eigenvalue weighted by Gasteiger charge is -2.14. The van der Waals surface area contributed by atoms with Crippen LogP contribution in [0.2, 0.25) is 0 Å². The minimum atomic E-state index is -0.734. The van der Waals surface area contributed by atoms with Gasteiger partial charge in [0, 0.05) is 5.75 Å². The summed E-state index contributed by atoms with van der Waals surface area (Å²) in [7, 11) is 1.27. The Bertz CT molecular complexity index is 482. The Hall–Kier alpha value is -1.60. The van der Waals surface area contributed by atoms with Crippen molar-refractivity contribution in [2.45, 2.75) is 19.0 Å². The molecule has 0 saturated heterocycles. The molecule has 3 N–H and O–H groups in total. The number of carbonyl (C=O) groups is 2. The van der Waals surface area contributed by atoms with Gasteiger partial charge in [-0.1, -0.05) is 12.1 Å². The number of esters is 1. The van der Waals surface area contributed by atoms with Gasteiger partial charge < -0.3 is 15.8 Å². The second-order valence-corrected chi connectivity index (χ2v) is 5.52. The van der Waals surface area contributed by atoms with Gasteiger partial charge in [0.25, 0.3) is 0 Å². The third kappa shape index (κ3) is 6.14. The Balaban J connectivity index is 2.33. The van der Waals surface area contributed by atoms with Gasteiger partial charge in [-0.15, -0.1) is 11.8 Å². The summed E-state index contributed by atoms with van der Waals surface area (Å²) in [6.07, 6.45) is 0. The number of hydrogen-bond acceptors (Lipinski definition) is 5. The number of methoxy groups -OCH3 is 1. The van der Waals surface area contributed by atoms with Crippen LogP contribution in [0.25, 0.3) is 0 Å². The number of carbonyl (C=O) groups excluding carboxylic acids is 2. The topological polar surface area (TPSA) is 81.4 Å². The zero-order chi connectivity index (χ0) is 15.8. The van der Waals surface area contributed by atoms with Crippen molar-refractivity contribution in [2.75, 3.05) is 18.6 Å². The smallest absolute Gasteiger partial charge is 0.323 e. The maximum atomic E-state index is 12.8. The van der Waals surface area contributed by atoms with Crippen LogP contribution in [0.5, 0.6) is 0 Å². The van der Waals surface area contributed by atoms with Crippen molar-refractivity contribution in [3.05, 3.63) is 35.6 Å². The highest BCUT2D eigenvalue weighted by Crippen LogP contribution is 2.13. The van der Waals surface area contributed by atoms with E-state index >= 15 is 0 Å². The van der Waals surface area contributed by atoms with E-state index in [0.717, 1.165) is 5.56 Å². The summed E-state index contributed by atoms with van der Waals surface area (Å²) in [5.41, 5.74) is 6.38. The van der Waals surface area contributed by atoms with Crippen molar-refractivity contribution in [2.24, 2.45) is 5.73 Å². The monoisotopic (exact) mass is 314 g/mol. The van der Waals surface area contributed by atoms with E-state index in [1.165, 1.54) is 31.0 Å². The van der Waals surface area contributed by atoms with Gasteiger partial charge in [0.05, 0.1) is 18.9 Å². The first-order valence-electron chi connectivity index (χ1n) is 6.40. The summed E-state index contributed by atoms with van der Waals surface area (Å²) in [5, 5.41) is 2.79. The van der Waals surface area contributed by atoms with Crippen molar-refractivity contribution < 1.29 is 18.7 Å². The lowest BCUT2D eigenvalue weighted by molar-refractivity contribution is -0.141. The van der Waals surface area contributed by atoms with Crippen LogP contribution in [0.4, 0.5) is 4.39 Å². The van der Waals surface area contributed by atoms with Crippen LogP contribution in [0.1, 0.15) is 18.5 Å². The van der Waals surface area contributed by atoms with Crippen LogP contribution in [-0.2, 0) is 14.3 Å². The van der Waals surface area contributed by atoms with Gasteiger partial charge in [0.15, 0.2) is 0 Å². The molecule has 0 spiro atoms. The maximum absolute atomic E-state index is 12.8. The highest BCUT2D eigenvalue weighted by molar-refractivity contribution is 8.00. The van der Waals surface area contributed by atoms with E-state index < -0.39 is 12.0 Å². The molecule has 0 aliphatic carbocycles. The van der Waals surface area contributed by atoms with Gasteiger partial charge in [-0.05, 0) is 24.6 Å². The second-order valence-electron chi connectivity index (χ2n) is 4.49. The van der Waals surface area contributed by atoms with Crippen molar-refractivity contribution >= 4 is 23.6 Å². The largest absolute Gasteiger partial charge is 0.468 e. The number of thioether (sulfide) groups is 1. The van der Waals surface area contributed by atoms with Crippen molar-refractivity contribution in [3.8, 4) is 0 Å². The minimum absolute atomic E-state index is 0.172. The summed E-state index contributed by atoms with van der Waals surface area (Å²) in [6, 6.07) is 5.00. The Labute approximate surface area is 127 Å². The van der Waals surface area contributed by atoms with Crippen LogP contribution in [0, 0.1) is 5.82 Å². The molecule has 1 amide bonds. The number of hydrogen-bond donors (Lipinski definition) is 2. The van der Waals surface area contributed by atoms with Crippen molar-refractivity contribution in [3.63, 3.8) is 0 Å². The number of nitrogens with one attached hydrogen (secondary N) is 1. The second kappa shape index (κ2) is 8.63. The van der Waals surface area contributed by atoms with Gasteiger partial charge in [0.2, 0.25) is 5.91 Å². The normalized spacial score (nSPS) is 13.3. The molecular weight excluding hydrogens is 295 g/mol. The summed E-state index contributed by atoms with van der Waals surface area (Å²) < 4.78 is 17.3. The van der Waals surface area contributed by atoms with Gasteiger partial charge >= 0.3 is 5.97 Å². The number of halogens is 1. The van der Waals surface area contributed by atoms with E-state index in [1.807, 2.05) is 6.92 Å². The third-order valence-electron chi connectivity index (χ3n) is 2.78. The first kappa shape index (κ1) is 17.5. The summed E-state index contributed by atoms with van der Waals surface area (Å²) in [4.78, 5) is 22.8. The Kier molecular flexibility index (Phi) is 7.18. The molecule has 1 aromatic rings. The molecule has 0 heterocycles. The van der Waals surface area contributed by atoms with Gasteiger partial charge in [0.1, 0.15) is 11.9 Å². The molecule has 0 aromatic heterocycles. The fraction of sp³-hybridized carbons (Fsp3) is 0.429. The maximum Gasteiger partial charge on any atom is 0.323 e. The predicted octanol–water partition coefficient (Wildman–Crippen LogP) is 1.24. The zero-order valence-corrected chi connectivity index (χ0v) is 12.8. The standard InChI is InChI=1S/C14H19FN2O3S/c1-9(10-3-5-11(15)6-4-10)17-13(18)8-21-7-12(16)14(19)20-2/h3-6,9,12H,7-8,16H2,1-2H3,(H,17,18). The van der Waals surface area contributed by atoms with Crippen LogP contribution in [-0.4, -0.2) is 36.5 Å². The van der Waals surface area contributed by atoms with Crippen LogP contribution >= 0.6 is 11.8 Å². The summed E-state index contributed by atoms with van der Waals surface area (Å²) in [6.45, 7) is 1.82. The Morgan fingerprint density at radius 2 is 2.00 bits per heavy atom. The average Bonchev–Trinajstić information content (AvgIpc) is 2.46. The highest BCUT2D eigenvalue weighted by Gasteiger charge is 2.15. The number of amides is 1. The molecule has 21 heavy (non-hydrogen) atoms. The molecule has 0 fully saturated rings. The molecule has 7 heteroatoms. The molecule has 5 nitrogen and oxygen atoms in total. The number of rotatable bonds is 7. The Morgan fingerprint density at radius 3 is 2.57 bits per heavy atom. The fourth-order valence-electron chi connectivity index (χ4n) is 1.62. The highest BCUT2D eigenvalue weighted by atomic mass is 32.2. The Morgan fingerprint density at radius 1 is 1.38 bits per heavy atom. The van der Waals surface area contributed by atoms with Crippen LogP contribution in [0.15, 0.2) is 24.3 Å². The number of ether oxygens (including phenoxy) is 1. The van der Waals surface area contributed by atoms with Crippen molar-refractivity contribution in [1.29, 1.82) is 0 Å².